The van der Waals surface area contributed by atoms with E-state index in [2.05, 4.69) is 5.32 Å². The zero-order valence-electron chi connectivity index (χ0n) is 19.2. The normalized spacial score (nSPS) is 14.8. The summed E-state index contributed by atoms with van der Waals surface area (Å²) in [6.07, 6.45) is 0.928. The Morgan fingerprint density at radius 1 is 0.972 bits per heavy atom. The average Bonchev–Trinajstić information content (AvgIpc) is 3.37. The van der Waals surface area contributed by atoms with Gasteiger partial charge in [-0.05, 0) is 43.2 Å². The van der Waals surface area contributed by atoms with E-state index in [1.54, 1.807) is 47.4 Å². The van der Waals surface area contributed by atoms with Gasteiger partial charge in [0.25, 0.3) is 11.6 Å². The molecule has 3 aromatic carbocycles. The van der Waals surface area contributed by atoms with Crippen LogP contribution >= 0.6 is 0 Å². The van der Waals surface area contributed by atoms with Crippen LogP contribution in [-0.2, 0) is 4.79 Å². The van der Waals surface area contributed by atoms with Crippen molar-refractivity contribution in [2.45, 2.75) is 12.8 Å². The lowest BCUT2D eigenvalue weighted by atomic mass is 9.95. The van der Waals surface area contributed by atoms with Gasteiger partial charge in [0.05, 0.1) is 10.5 Å². The molecule has 0 spiro atoms. The third-order valence-corrected chi connectivity index (χ3v) is 6.17. The molecule has 1 saturated heterocycles. The first kappa shape index (κ1) is 23.2. The largest absolute Gasteiger partial charge is 0.457 e. The second-order valence-corrected chi connectivity index (χ2v) is 8.48. The Kier molecular flexibility index (Phi) is 6.40. The number of nitro groups is 1. The molecule has 1 fully saturated rings. The second-order valence-electron chi connectivity index (χ2n) is 8.48. The summed E-state index contributed by atoms with van der Waals surface area (Å²) < 4.78 is 16.5. The summed E-state index contributed by atoms with van der Waals surface area (Å²) in [5.41, 5.74) is 0.523. The molecule has 2 aliphatic rings. The molecule has 0 bridgehead atoms. The molecular formula is C26H23N3O7. The number of ether oxygens (including phenoxy) is 3. The van der Waals surface area contributed by atoms with Crippen LogP contribution in [0.1, 0.15) is 23.2 Å². The first-order valence-electron chi connectivity index (χ1n) is 11.5. The lowest BCUT2D eigenvalue weighted by Crippen LogP contribution is -2.41. The van der Waals surface area contributed by atoms with E-state index in [4.69, 9.17) is 14.2 Å². The Bertz CT molecular complexity index is 1300. The lowest BCUT2D eigenvalue weighted by Gasteiger charge is -2.31. The number of likely N-dealkylation sites (tertiary alicyclic amines) is 1. The SMILES string of the molecule is O=C(Nc1ccc2c(c1)OCO2)C1CCN(C(=O)c2cc([N+](=O)[O-])ccc2Oc2ccccc2)CC1. The van der Waals surface area contributed by atoms with Crippen molar-refractivity contribution in [3.63, 3.8) is 0 Å². The van der Waals surface area contributed by atoms with Gasteiger partial charge in [0.1, 0.15) is 11.5 Å². The topological polar surface area (TPSA) is 120 Å². The smallest absolute Gasteiger partial charge is 0.270 e. The Balaban J connectivity index is 1.26. The Morgan fingerprint density at radius 3 is 2.47 bits per heavy atom. The van der Waals surface area contributed by atoms with Gasteiger partial charge in [-0.2, -0.15) is 0 Å². The number of carbonyl (C=O) groups is 2. The second kappa shape index (κ2) is 9.95. The maximum absolute atomic E-state index is 13.4. The van der Waals surface area contributed by atoms with Gasteiger partial charge < -0.3 is 24.4 Å². The summed E-state index contributed by atoms with van der Waals surface area (Å²) in [5, 5.41) is 14.2. The van der Waals surface area contributed by atoms with Crippen LogP contribution in [0.3, 0.4) is 0 Å². The molecule has 0 atom stereocenters. The van der Waals surface area contributed by atoms with Crippen LogP contribution in [0, 0.1) is 16.0 Å². The van der Waals surface area contributed by atoms with Crippen LogP contribution in [0.5, 0.6) is 23.0 Å². The van der Waals surface area contributed by atoms with Crippen LogP contribution in [-0.4, -0.2) is 41.5 Å². The van der Waals surface area contributed by atoms with E-state index in [9.17, 15) is 19.7 Å². The van der Waals surface area contributed by atoms with E-state index < -0.39 is 4.92 Å². The highest BCUT2D eigenvalue weighted by molar-refractivity contribution is 5.98. The number of carbonyl (C=O) groups excluding carboxylic acids is 2. The lowest BCUT2D eigenvalue weighted by molar-refractivity contribution is -0.384. The molecule has 36 heavy (non-hydrogen) atoms. The van der Waals surface area contributed by atoms with E-state index in [-0.39, 0.29) is 41.5 Å². The molecule has 10 nitrogen and oxygen atoms in total. The molecule has 0 aliphatic carbocycles. The number of amides is 2. The predicted molar refractivity (Wildman–Crippen MR) is 129 cm³/mol. The molecule has 10 heteroatoms. The quantitative estimate of drug-likeness (QED) is 0.397. The Morgan fingerprint density at radius 2 is 1.72 bits per heavy atom. The first-order chi connectivity index (χ1) is 17.5. The number of fused-ring (bicyclic) bond motifs is 1. The Labute approximate surface area is 206 Å². The van der Waals surface area contributed by atoms with E-state index in [1.807, 2.05) is 6.07 Å². The van der Waals surface area contributed by atoms with E-state index in [0.29, 0.717) is 48.9 Å². The maximum Gasteiger partial charge on any atom is 0.270 e. The molecule has 2 aliphatic heterocycles. The van der Waals surface area contributed by atoms with E-state index in [0.717, 1.165) is 0 Å². The molecular weight excluding hydrogens is 466 g/mol. The van der Waals surface area contributed by atoms with Crippen LogP contribution in [0.2, 0.25) is 0 Å². The number of anilines is 1. The fourth-order valence-corrected chi connectivity index (χ4v) is 4.24. The van der Waals surface area contributed by atoms with Crippen molar-refractivity contribution in [1.82, 2.24) is 4.90 Å². The van der Waals surface area contributed by atoms with Crippen LogP contribution in [0.15, 0.2) is 66.7 Å². The van der Waals surface area contributed by atoms with Crippen molar-refractivity contribution < 1.29 is 28.7 Å². The first-order valence-corrected chi connectivity index (χ1v) is 11.5. The molecule has 3 aromatic rings. The Hall–Kier alpha value is -4.60. The summed E-state index contributed by atoms with van der Waals surface area (Å²) in [6.45, 7) is 0.832. The van der Waals surface area contributed by atoms with Gasteiger partial charge in [-0.3, -0.25) is 19.7 Å². The minimum absolute atomic E-state index is 0.108. The summed E-state index contributed by atoms with van der Waals surface area (Å²) in [7, 11) is 0. The maximum atomic E-state index is 13.4. The summed E-state index contributed by atoms with van der Waals surface area (Å²) in [5.74, 6) is 1.18. The third-order valence-electron chi connectivity index (χ3n) is 6.17. The highest BCUT2D eigenvalue weighted by Gasteiger charge is 2.30. The highest BCUT2D eigenvalue weighted by Crippen LogP contribution is 2.35. The number of hydrogen-bond donors (Lipinski definition) is 1. The minimum Gasteiger partial charge on any atom is -0.457 e. The highest BCUT2D eigenvalue weighted by atomic mass is 16.7. The monoisotopic (exact) mass is 489 g/mol. The van der Waals surface area contributed by atoms with Crippen molar-refractivity contribution in [1.29, 1.82) is 0 Å². The molecule has 0 saturated carbocycles. The van der Waals surface area contributed by atoms with Gasteiger partial charge in [-0.25, -0.2) is 0 Å². The van der Waals surface area contributed by atoms with Crippen LogP contribution in [0.25, 0.3) is 0 Å². The predicted octanol–water partition coefficient (Wildman–Crippen LogP) is 4.61. The molecule has 2 amide bonds. The standard InChI is InChI=1S/C26H23N3O7/c30-25(27-18-6-8-23-24(14-18)35-16-34-23)17-10-12-28(13-11-17)26(31)21-15-19(29(32)33)7-9-22(21)36-20-4-2-1-3-5-20/h1-9,14-15,17H,10-13,16H2,(H,27,30). The summed E-state index contributed by atoms with van der Waals surface area (Å²) >= 11 is 0. The zero-order valence-corrected chi connectivity index (χ0v) is 19.2. The van der Waals surface area contributed by atoms with Gasteiger partial charge in [0.15, 0.2) is 11.5 Å². The summed E-state index contributed by atoms with van der Waals surface area (Å²) in [4.78, 5) is 38.6. The molecule has 0 aromatic heterocycles. The van der Waals surface area contributed by atoms with Crippen LogP contribution < -0.4 is 19.5 Å². The van der Waals surface area contributed by atoms with Crippen molar-refractivity contribution >= 4 is 23.2 Å². The number of hydrogen-bond acceptors (Lipinski definition) is 7. The number of nitrogens with one attached hydrogen (secondary N) is 1. The molecule has 184 valence electrons. The van der Waals surface area contributed by atoms with Gasteiger partial charge in [0.2, 0.25) is 12.7 Å². The summed E-state index contributed by atoms with van der Waals surface area (Å²) in [6, 6.07) is 18.1. The number of non-ortho nitro benzene ring substituents is 1. The molecule has 1 N–H and O–H groups in total. The van der Waals surface area contributed by atoms with Crippen molar-refractivity contribution in [2.24, 2.45) is 5.92 Å². The molecule has 0 unspecified atom stereocenters. The number of piperidine rings is 1. The number of nitrogens with zero attached hydrogens (tertiary/aromatic N) is 2. The fraction of sp³-hybridized carbons (Fsp3) is 0.231. The average molecular weight is 489 g/mol. The molecule has 2 heterocycles. The number of benzene rings is 3. The van der Waals surface area contributed by atoms with Gasteiger partial charge >= 0.3 is 0 Å². The minimum atomic E-state index is -0.546. The zero-order chi connectivity index (χ0) is 25.1. The van der Waals surface area contributed by atoms with Crippen molar-refractivity contribution in [2.75, 3.05) is 25.2 Å². The molecule has 0 radical (unpaired) electrons. The van der Waals surface area contributed by atoms with Gasteiger partial charge in [-0.1, -0.05) is 18.2 Å². The van der Waals surface area contributed by atoms with Gasteiger partial charge in [0, 0.05) is 42.9 Å². The number of nitro benzene ring substituents is 1. The number of para-hydroxylation sites is 1. The fourth-order valence-electron chi connectivity index (χ4n) is 4.24. The molecule has 5 rings (SSSR count). The van der Waals surface area contributed by atoms with E-state index >= 15 is 0 Å². The van der Waals surface area contributed by atoms with E-state index in [1.165, 1.54) is 18.2 Å². The van der Waals surface area contributed by atoms with Crippen molar-refractivity contribution in [3.8, 4) is 23.0 Å². The van der Waals surface area contributed by atoms with Gasteiger partial charge in [-0.15, -0.1) is 0 Å². The number of rotatable bonds is 6. The van der Waals surface area contributed by atoms with Crippen molar-refractivity contribution in [3.05, 3.63) is 82.4 Å². The third kappa shape index (κ3) is 4.92. The van der Waals surface area contributed by atoms with Crippen LogP contribution in [0.4, 0.5) is 11.4 Å².